The fraction of sp³-hybridized carbons (Fsp3) is 0.0588. The molecule has 0 fully saturated rings. The van der Waals surface area contributed by atoms with Crippen LogP contribution in [-0.2, 0) is 4.74 Å². The zero-order valence-corrected chi connectivity index (χ0v) is 12.2. The Bertz CT molecular complexity index is 884. The van der Waals surface area contributed by atoms with Gasteiger partial charge < -0.3 is 15.0 Å². The molecule has 0 bridgehead atoms. The summed E-state index contributed by atoms with van der Waals surface area (Å²) in [4.78, 5) is 26.5. The van der Waals surface area contributed by atoms with Crippen molar-refractivity contribution in [3.8, 4) is 0 Å². The fourth-order valence-electron chi connectivity index (χ4n) is 2.23. The van der Waals surface area contributed by atoms with Crippen LogP contribution in [0.25, 0.3) is 10.9 Å². The Morgan fingerprint density at radius 2 is 1.83 bits per heavy atom. The molecule has 0 atom stereocenters. The van der Waals surface area contributed by atoms with Crippen molar-refractivity contribution in [3.05, 3.63) is 65.6 Å². The molecule has 1 aromatic heterocycles. The van der Waals surface area contributed by atoms with E-state index < -0.39 is 5.97 Å². The summed E-state index contributed by atoms with van der Waals surface area (Å²) in [5.41, 5.74) is 1.93. The Labute approximate surface area is 131 Å². The first kappa shape index (κ1) is 14.8. The predicted octanol–water partition coefficient (Wildman–Crippen LogP) is 3.35. The lowest BCUT2D eigenvalue weighted by atomic mass is 10.2. The van der Waals surface area contributed by atoms with Crippen LogP contribution in [-0.4, -0.2) is 24.0 Å². The Balaban J connectivity index is 1.78. The van der Waals surface area contributed by atoms with Crippen LogP contribution in [0.4, 0.5) is 10.1 Å². The van der Waals surface area contributed by atoms with E-state index in [0.29, 0.717) is 27.8 Å². The number of esters is 1. The molecule has 1 heterocycles. The maximum Gasteiger partial charge on any atom is 0.337 e. The quantitative estimate of drug-likeness (QED) is 0.729. The molecule has 0 aliphatic rings. The second kappa shape index (κ2) is 5.92. The molecule has 23 heavy (non-hydrogen) atoms. The third-order valence-corrected chi connectivity index (χ3v) is 3.39. The fourth-order valence-corrected chi connectivity index (χ4v) is 2.23. The molecule has 0 spiro atoms. The summed E-state index contributed by atoms with van der Waals surface area (Å²) >= 11 is 0. The van der Waals surface area contributed by atoms with Crippen molar-refractivity contribution in [3.63, 3.8) is 0 Å². The van der Waals surface area contributed by atoms with E-state index in [4.69, 9.17) is 0 Å². The highest BCUT2D eigenvalue weighted by molar-refractivity contribution is 6.06. The first-order valence-electron chi connectivity index (χ1n) is 6.85. The van der Waals surface area contributed by atoms with Crippen molar-refractivity contribution >= 4 is 28.5 Å². The lowest BCUT2D eigenvalue weighted by molar-refractivity contribution is 0.0600. The van der Waals surface area contributed by atoms with Crippen LogP contribution >= 0.6 is 0 Å². The summed E-state index contributed by atoms with van der Waals surface area (Å²) in [7, 11) is 1.30. The number of H-pyrrole nitrogens is 1. The second-order valence-electron chi connectivity index (χ2n) is 4.94. The molecule has 5 nitrogen and oxygen atoms in total. The Morgan fingerprint density at radius 3 is 2.52 bits per heavy atom. The van der Waals surface area contributed by atoms with Gasteiger partial charge in [0, 0.05) is 16.6 Å². The van der Waals surface area contributed by atoms with Crippen LogP contribution in [0.15, 0.2) is 48.5 Å². The molecule has 1 amide bonds. The number of amides is 1. The Morgan fingerprint density at radius 1 is 1.09 bits per heavy atom. The molecular weight excluding hydrogens is 299 g/mol. The van der Waals surface area contributed by atoms with Gasteiger partial charge in [-0.3, -0.25) is 4.79 Å². The number of carbonyl (C=O) groups is 2. The molecule has 3 rings (SSSR count). The van der Waals surface area contributed by atoms with E-state index in [-0.39, 0.29) is 11.7 Å². The molecule has 0 saturated heterocycles. The van der Waals surface area contributed by atoms with Crippen molar-refractivity contribution in [1.29, 1.82) is 0 Å². The standard InChI is InChI=1S/C17H13FN2O3/c1-23-17(22)10-2-5-13(6-3-10)19-16(21)15-9-11-8-12(18)4-7-14(11)20-15/h2-9,20H,1H3,(H,19,21). The van der Waals surface area contributed by atoms with Gasteiger partial charge in [0.05, 0.1) is 12.7 Å². The van der Waals surface area contributed by atoms with Gasteiger partial charge in [-0.25, -0.2) is 9.18 Å². The zero-order chi connectivity index (χ0) is 16.4. The normalized spacial score (nSPS) is 10.5. The maximum atomic E-state index is 13.2. The highest BCUT2D eigenvalue weighted by Gasteiger charge is 2.11. The molecule has 116 valence electrons. The molecule has 0 aliphatic heterocycles. The number of nitrogens with one attached hydrogen (secondary N) is 2. The first-order chi connectivity index (χ1) is 11.1. The van der Waals surface area contributed by atoms with E-state index in [2.05, 4.69) is 15.0 Å². The largest absolute Gasteiger partial charge is 0.465 e. The van der Waals surface area contributed by atoms with E-state index in [1.54, 1.807) is 36.4 Å². The van der Waals surface area contributed by atoms with Gasteiger partial charge in [0.1, 0.15) is 11.5 Å². The van der Waals surface area contributed by atoms with Gasteiger partial charge in [-0.15, -0.1) is 0 Å². The number of hydrogen-bond donors (Lipinski definition) is 2. The minimum Gasteiger partial charge on any atom is -0.465 e. The lowest BCUT2D eigenvalue weighted by Crippen LogP contribution is -2.12. The third-order valence-electron chi connectivity index (χ3n) is 3.39. The van der Waals surface area contributed by atoms with Crippen molar-refractivity contribution < 1.29 is 18.7 Å². The van der Waals surface area contributed by atoms with Gasteiger partial charge in [0.2, 0.25) is 0 Å². The summed E-state index contributed by atoms with van der Waals surface area (Å²) in [5, 5.41) is 3.32. The van der Waals surface area contributed by atoms with Gasteiger partial charge in [-0.05, 0) is 48.5 Å². The first-order valence-corrected chi connectivity index (χ1v) is 6.85. The predicted molar refractivity (Wildman–Crippen MR) is 84.0 cm³/mol. The molecule has 3 aromatic rings. The highest BCUT2D eigenvalue weighted by atomic mass is 19.1. The van der Waals surface area contributed by atoms with Crippen molar-refractivity contribution in [1.82, 2.24) is 4.98 Å². The van der Waals surface area contributed by atoms with Crippen LogP contribution < -0.4 is 5.32 Å². The monoisotopic (exact) mass is 312 g/mol. The number of benzene rings is 2. The summed E-state index contributed by atoms with van der Waals surface area (Å²) in [6, 6.07) is 12.2. The minimum atomic E-state index is -0.444. The summed E-state index contributed by atoms with van der Waals surface area (Å²) in [5.74, 6) is -1.16. The van der Waals surface area contributed by atoms with Gasteiger partial charge in [0.15, 0.2) is 0 Å². The average Bonchev–Trinajstić information content (AvgIpc) is 2.98. The van der Waals surface area contributed by atoms with E-state index in [9.17, 15) is 14.0 Å². The number of aromatic nitrogens is 1. The van der Waals surface area contributed by atoms with Crippen LogP contribution in [0.2, 0.25) is 0 Å². The van der Waals surface area contributed by atoms with Crippen LogP contribution in [0.5, 0.6) is 0 Å². The maximum absolute atomic E-state index is 13.2. The summed E-state index contributed by atoms with van der Waals surface area (Å²) in [6.07, 6.45) is 0. The molecule has 0 saturated carbocycles. The number of anilines is 1. The number of aromatic amines is 1. The number of ether oxygens (including phenoxy) is 1. The highest BCUT2D eigenvalue weighted by Crippen LogP contribution is 2.18. The van der Waals surface area contributed by atoms with Crippen LogP contribution in [0.1, 0.15) is 20.8 Å². The van der Waals surface area contributed by atoms with Crippen LogP contribution in [0.3, 0.4) is 0 Å². The average molecular weight is 312 g/mol. The molecule has 2 aromatic carbocycles. The molecule has 0 radical (unpaired) electrons. The second-order valence-corrected chi connectivity index (χ2v) is 4.94. The molecule has 6 heteroatoms. The minimum absolute atomic E-state index is 0.322. The summed E-state index contributed by atoms with van der Waals surface area (Å²) in [6.45, 7) is 0. The zero-order valence-electron chi connectivity index (χ0n) is 12.2. The van der Waals surface area contributed by atoms with Crippen molar-refractivity contribution in [2.75, 3.05) is 12.4 Å². The molecular formula is C17H13FN2O3. The van der Waals surface area contributed by atoms with Gasteiger partial charge in [-0.2, -0.15) is 0 Å². The number of fused-ring (bicyclic) bond motifs is 1. The van der Waals surface area contributed by atoms with E-state index in [1.807, 2.05) is 0 Å². The molecule has 2 N–H and O–H groups in total. The Hall–Kier alpha value is -3.15. The van der Waals surface area contributed by atoms with Crippen molar-refractivity contribution in [2.24, 2.45) is 0 Å². The number of rotatable bonds is 3. The molecule has 0 unspecified atom stereocenters. The SMILES string of the molecule is COC(=O)c1ccc(NC(=O)c2cc3cc(F)ccc3[nH]2)cc1. The lowest BCUT2D eigenvalue weighted by Gasteiger charge is -2.04. The van der Waals surface area contributed by atoms with Crippen molar-refractivity contribution in [2.45, 2.75) is 0 Å². The Kier molecular flexibility index (Phi) is 3.80. The summed E-state index contributed by atoms with van der Waals surface area (Å²) < 4.78 is 17.8. The van der Waals surface area contributed by atoms with Crippen LogP contribution in [0, 0.1) is 5.82 Å². The van der Waals surface area contributed by atoms with Gasteiger partial charge in [-0.1, -0.05) is 0 Å². The van der Waals surface area contributed by atoms with E-state index >= 15 is 0 Å². The number of hydrogen-bond acceptors (Lipinski definition) is 3. The molecule has 0 aliphatic carbocycles. The number of carbonyl (C=O) groups excluding carboxylic acids is 2. The smallest absolute Gasteiger partial charge is 0.337 e. The third kappa shape index (κ3) is 3.06. The number of halogens is 1. The topological polar surface area (TPSA) is 71.2 Å². The van der Waals surface area contributed by atoms with Gasteiger partial charge >= 0.3 is 5.97 Å². The van der Waals surface area contributed by atoms with E-state index in [1.165, 1.54) is 19.2 Å². The van der Waals surface area contributed by atoms with Gasteiger partial charge in [0.25, 0.3) is 5.91 Å². The van der Waals surface area contributed by atoms with E-state index in [0.717, 1.165) is 0 Å². The number of methoxy groups -OCH3 is 1.